The fraction of sp³-hybridized carbons (Fsp3) is 0.440. The van der Waals surface area contributed by atoms with Crippen molar-refractivity contribution in [1.82, 2.24) is 10.2 Å². The first-order valence-electron chi connectivity index (χ1n) is 10.9. The first kappa shape index (κ1) is 25.0. The average molecular weight is 443 g/mol. The maximum absolute atomic E-state index is 13.2. The molecule has 32 heavy (non-hydrogen) atoms. The maximum atomic E-state index is 13.2. The molecule has 0 spiro atoms. The molecular formula is C25H34N2O5. The molecule has 0 unspecified atom stereocenters. The van der Waals surface area contributed by atoms with Crippen LogP contribution in [0.3, 0.4) is 0 Å². The zero-order valence-corrected chi connectivity index (χ0v) is 19.6. The van der Waals surface area contributed by atoms with Crippen LogP contribution in [0.2, 0.25) is 0 Å². The van der Waals surface area contributed by atoms with Crippen LogP contribution in [0, 0.1) is 0 Å². The van der Waals surface area contributed by atoms with Gasteiger partial charge in [-0.3, -0.25) is 9.59 Å². The van der Waals surface area contributed by atoms with Gasteiger partial charge in [0.2, 0.25) is 5.91 Å². The summed E-state index contributed by atoms with van der Waals surface area (Å²) in [6.45, 7) is 5.98. The van der Waals surface area contributed by atoms with Crippen LogP contribution in [-0.2, 0) is 16.1 Å². The summed E-state index contributed by atoms with van der Waals surface area (Å²) in [6.07, 6.45) is 1.31. The van der Waals surface area contributed by atoms with E-state index < -0.39 is 6.04 Å². The molecule has 2 aromatic rings. The van der Waals surface area contributed by atoms with Crippen molar-refractivity contribution in [3.8, 4) is 17.2 Å². The Morgan fingerprint density at radius 3 is 1.91 bits per heavy atom. The van der Waals surface area contributed by atoms with Gasteiger partial charge in [0, 0.05) is 12.6 Å². The number of rotatable bonds is 12. The van der Waals surface area contributed by atoms with E-state index in [1.807, 2.05) is 45.0 Å². The van der Waals surface area contributed by atoms with Gasteiger partial charge in [-0.05, 0) is 61.7 Å². The van der Waals surface area contributed by atoms with Crippen LogP contribution in [0.25, 0.3) is 0 Å². The maximum Gasteiger partial charge on any atom is 0.261 e. The summed E-state index contributed by atoms with van der Waals surface area (Å²) >= 11 is 0. The molecule has 7 nitrogen and oxygen atoms in total. The molecule has 0 bridgehead atoms. The second-order valence-corrected chi connectivity index (χ2v) is 7.58. The number of ether oxygens (including phenoxy) is 3. The lowest BCUT2D eigenvalue weighted by Crippen LogP contribution is -2.51. The van der Waals surface area contributed by atoms with E-state index in [0.29, 0.717) is 24.5 Å². The average Bonchev–Trinajstić information content (AvgIpc) is 2.82. The lowest BCUT2D eigenvalue weighted by Gasteiger charge is -2.31. The van der Waals surface area contributed by atoms with Crippen molar-refractivity contribution in [1.29, 1.82) is 0 Å². The molecule has 0 aliphatic heterocycles. The molecule has 0 radical (unpaired) electrons. The molecule has 0 fully saturated rings. The summed E-state index contributed by atoms with van der Waals surface area (Å²) in [6, 6.07) is 13.9. The Hall–Kier alpha value is -3.22. The van der Waals surface area contributed by atoms with Crippen LogP contribution in [0.4, 0.5) is 0 Å². The van der Waals surface area contributed by atoms with Crippen LogP contribution in [-0.4, -0.2) is 49.6 Å². The summed E-state index contributed by atoms with van der Waals surface area (Å²) < 4.78 is 16.1. The van der Waals surface area contributed by atoms with Gasteiger partial charge >= 0.3 is 0 Å². The highest BCUT2D eigenvalue weighted by Crippen LogP contribution is 2.19. The topological polar surface area (TPSA) is 77.1 Å². The van der Waals surface area contributed by atoms with Crippen LogP contribution in [0.15, 0.2) is 48.5 Å². The molecule has 2 rings (SSSR count). The molecule has 2 amide bonds. The van der Waals surface area contributed by atoms with Gasteiger partial charge in [-0.1, -0.05) is 26.0 Å². The second-order valence-electron chi connectivity index (χ2n) is 7.58. The first-order valence-corrected chi connectivity index (χ1v) is 10.9. The van der Waals surface area contributed by atoms with Gasteiger partial charge in [-0.2, -0.15) is 0 Å². The van der Waals surface area contributed by atoms with E-state index in [4.69, 9.17) is 14.2 Å². The third-order valence-corrected chi connectivity index (χ3v) is 5.32. The molecule has 2 aromatic carbocycles. The fourth-order valence-corrected chi connectivity index (χ4v) is 3.19. The molecule has 0 saturated carbocycles. The number of carbonyl (C=O) groups is 2. The number of nitrogens with zero attached hydrogens (tertiary/aromatic N) is 1. The molecular weight excluding hydrogens is 408 g/mol. The number of carbonyl (C=O) groups excluding carboxylic acids is 2. The van der Waals surface area contributed by atoms with Crippen molar-refractivity contribution < 1.29 is 23.8 Å². The van der Waals surface area contributed by atoms with Gasteiger partial charge in [0.15, 0.2) is 6.61 Å². The molecule has 174 valence electrons. The Balaban J connectivity index is 2.19. The largest absolute Gasteiger partial charge is 0.497 e. The second kappa shape index (κ2) is 12.6. The summed E-state index contributed by atoms with van der Waals surface area (Å²) in [4.78, 5) is 27.7. The molecule has 0 heterocycles. The van der Waals surface area contributed by atoms with Crippen LogP contribution < -0.4 is 19.5 Å². The molecule has 0 aromatic heterocycles. The molecule has 0 saturated heterocycles. The number of methoxy groups -OCH3 is 2. The Bertz CT molecular complexity index is 852. The Kier molecular flexibility index (Phi) is 9.85. The summed E-state index contributed by atoms with van der Waals surface area (Å²) in [5.41, 5.74) is 0.901. The third kappa shape index (κ3) is 7.18. The smallest absolute Gasteiger partial charge is 0.261 e. The van der Waals surface area contributed by atoms with Crippen molar-refractivity contribution in [3.05, 3.63) is 54.1 Å². The van der Waals surface area contributed by atoms with Gasteiger partial charge < -0.3 is 24.4 Å². The van der Waals surface area contributed by atoms with Crippen LogP contribution in [0.1, 0.15) is 39.2 Å². The molecule has 0 aliphatic rings. The van der Waals surface area contributed by atoms with Crippen LogP contribution in [0.5, 0.6) is 17.2 Å². The standard InChI is InChI=1S/C25H34N2O5/c1-6-18(3)26-25(29)23(7-2)27(16-19-8-10-20(30-4)11-9-19)24(28)17-32-22-14-12-21(31-5)13-15-22/h8-15,18,23H,6-7,16-17H2,1-5H3,(H,26,29)/t18-,23-/m1/s1. The predicted molar refractivity (Wildman–Crippen MR) is 124 cm³/mol. The van der Waals surface area contributed by atoms with Gasteiger partial charge in [0.05, 0.1) is 14.2 Å². The van der Waals surface area contributed by atoms with Crippen molar-refractivity contribution in [2.75, 3.05) is 20.8 Å². The lowest BCUT2D eigenvalue weighted by molar-refractivity contribution is -0.143. The Labute approximate surface area is 190 Å². The lowest BCUT2D eigenvalue weighted by atomic mass is 10.1. The number of amides is 2. The zero-order chi connectivity index (χ0) is 23.5. The molecule has 2 atom stereocenters. The molecule has 1 N–H and O–H groups in total. The van der Waals surface area contributed by atoms with E-state index in [-0.39, 0.29) is 24.5 Å². The normalized spacial score (nSPS) is 12.4. The van der Waals surface area contributed by atoms with E-state index >= 15 is 0 Å². The molecule has 0 aliphatic carbocycles. The highest BCUT2D eigenvalue weighted by atomic mass is 16.5. The number of hydrogen-bond acceptors (Lipinski definition) is 5. The van der Waals surface area contributed by atoms with Crippen molar-refractivity contribution >= 4 is 11.8 Å². The minimum Gasteiger partial charge on any atom is -0.497 e. The summed E-state index contributed by atoms with van der Waals surface area (Å²) in [5.74, 6) is 1.57. The predicted octanol–water partition coefficient (Wildman–Crippen LogP) is 3.80. The fourth-order valence-electron chi connectivity index (χ4n) is 3.19. The number of hydrogen-bond donors (Lipinski definition) is 1. The van der Waals surface area contributed by atoms with E-state index in [1.54, 1.807) is 43.4 Å². The van der Waals surface area contributed by atoms with Crippen molar-refractivity contribution in [2.24, 2.45) is 0 Å². The summed E-state index contributed by atoms with van der Waals surface area (Å²) in [5, 5.41) is 3.00. The number of nitrogens with one attached hydrogen (secondary N) is 1. The number of benzene rings is 2. The van der Waals surface area contributed by atoms with E-state index in [1.165, 1.54) is 0 Å². The quantitative estimate of drug-likeness (QED) is 0.541. The Morgan fingerprint density at radius 1 is 0.875 bits per heavy atom. The Morgan fingerprint density at radius 2 is 1.41 bits per heavy atom. The minimum absolute atomic E-state index is 0.0324. The zero-order valence-electron chi connectivity index (χ0n) is 19.6. The minimum atomic E-state index is -0.599. The van der Waals surface area contributed by atoms with Gasteiger partial charge in [-0.15, -0.1) is 0 Å². The van der Waals surface area contributed by atoms with E-state index in [0.717, 1.165) is 17.7 Å². The first-order chi connectivity index (χ1) is 15.4. The van der Waals surface area contributed by atoms with Crippen molar-refractivity contribution in [2.45, 2.75) is 52.2 Å². The van der Waals surface area contributed by atoms with Gasteiger partial charge in [0.1, 0.15) is 23.3 Å². The monoisotopic (exact) mass is 442 g/mol. The highest BCUT2D eigenvalue weighted by Gasteiger charge is 2.29. The highest BCUT2D eigenvalue weighted by molar-refractivity contribution is 5.88. The van der Waals surface area contributed by atoms with E-state index in [2.05, 4.69) is 5.32 Å². The van der Waals surface area contributed by atoms with E-state index in [9.17, 15) is 9.59 Å². The molecule has 7 heteroatoms. The van der Waals surface area contributed by atoms with Crippen molar-refractivity contribution in [3.63, 3.8) is 0 Å². The van der Waals surface area contributed by atoms with Crippen LogP contribution >= 0.6 is 0 Å². The summed E-state index contributed by atoms with van der Waals surface area (Å²) in [7, 11) is 3.19. The SMILES string of the molecule is CC[C@@H](C)NC(=O)[C@@H](CC)N(Cc1ccc(OC)cc1)C(=O)COc1ccc(OC)cc1. The van der Waals surface area contributed by atoms with Gasteiger partial charge in [0.25, 0.3) is 5.91 Å². The third-order valence-electron chi connectivity index (χ3n) is 5.32. The van der Waals surface area contributed by atoms with Gasteiger partial charge in [-0.25, -0.2) is 0 Å².